The smallest absolute Gasteiger partial charge is 0.0299 e. The Kier molecular flexibility index (Phi) is 9.11. The van der Waals surface area contributed by atoms with Gasteiger partial charge in [-0.2, -0.15) is 0 Å². The Labute approximate surface area is 166 Å². The van der Waals surface area contributed by atoms with Gasteiger partial charge in [0.25, 0.3) is 0 Å². The third-order valence-corrected chi connectivity index (χ3v) is 6.63. The van der Waals surface area contributed by atoms with Gasteiger partial charge in [-0.1, -0.05) is 12.1 Å². The Hall–Kier alpha value is -0.760. The van der Waals surface area contributed by atoms with E-state index in [0.29, 0.717) is 0 Å². The molecule has 0 radical (unpaired) electrons. The summed E-state index contributed by atoms with van der Waals surface area (Å²) in [5.41, 5.74) is 0. The van der Waals surface area contributed by atoms with Crippen LogP contribution in [0.25, 0.3) is 0 Å². The predicted molar refractivity (Wildman–Crippen MR) is 114 cm³/mol. The van der Waals surface area contributed by atoms with Crippen LogP contribution in [0.2, 0.25) is 0 Å². The van der Waals surface area contributed by atoms with Crippen LogP contribution in [-0.2, 0) is 13.1 Å². The molecule has 0 aliphatic carbocycles. The van der Waals surface area contributed by atoms with Gasteiger partial charge in [-0.25, -0.2) is 0 Å². The molecule has 1 saturated heterocycles. The molecule has 2 N–H and O–H groups in total. The molecule has 1 aliphatic rings. The van der Waals surface area contributed by atoms with E-state index in [1.54, 1.807) is 0 Å². The first-order valence-corrected chi connectivity index (χ1v) is 11.6. The first kappa shape index (κ1) is 20.0. The summed E-state index contributed by atoms with van der Waals surface area (Å²) in [7, 11) is 0. The second-order valence-electron chi connectivity index (χ2n) is 6.90. The molecule has 0 saturated carbocycles. The normalized spacial score (nSPS) is 16.3. The standard InChI is InChI=1S/C20H32N4S2/c1-5-19(25-15-1)17-21-7-3-9-23-11-13-24(14-12-23)10-4-8-22-18-20-6-2-16-26-20/h1-2,5-6,15-16,21-22H,3-4,7-14,17-18H2. The first-order chi connectivity index (χ1) is 12.9. The second-order valence-corrected chi connectivity index (χ2v) is 8.97. The van der Waals surface area contributed by atoms with Crippen LogP contribution in [0.3, 0.4) is 0 Å². The number of piperazine rings is 1. The molecule has 26 heavy (non-hydrogen) atoms. The lowest BCUT2D eigenvalue weighted by molar-refractivity contribution is 0.130. The maximum Gasteiger partial charge on any atom is 0.0299 e. The average molecular weight is 393 g/mol. The third kappa shape index (κ3) is 7.47. The van der Waals surface area contributed by atoms with Gasteiger partial charge in [0.1, 0.15) is 0 Å². The van der Waals surface area contributed by atoms with Crippen LogP contribution >= 0.6 is 22.7 Å². The second kappa shape index (κ2) is 11.8. The van der Waals surface area contributed by atoms with Crippen molar-refractivity contribution in [1.82, 2.24) is 20.4 Å². The Morgan fingerprint density at radius 1 is 0.731 bits per heavy atom. The molecular weight excluding hydrogens is 360 g/mol. The molecule has 0 unspecified atom stereocenters. The summed E-state index contributed by atoms with van der Waals surface area (Å²) < 4.78 is 0. The van der Waals surface area contributed by atoms with Crippen LogP contribution in [0.1, 0.15) is 22.6 Å². The summed E-state index contributed by atoms with van der Waals surface area (Å²) in [6.45, 7) is 11.7. The van der Waals surface area contributed by atoms with E-state index in [2.05, 4.69) is 55.5 Å². The minimum Gasteiger partial charge on any atom is -0.312 e. The molecule has 2 aromatic rings. The van der Waals surface area contributed by atoms with Gasteiger partial charge in [0.05, 0.1) is 0 Å². The van der Waals surface area contributed by atoms with Gasteiger partial charge < -0.3 is 20.4 Å². The molecule has 4 nitrogen and oxygen atoms in total. The first-order valence-electron chi connectivity index (χ1n) is 9.81. The van der Waals surface area contributed by atoms with Crippen molar-refractivity contribution in [1.29, 1.82) is 0 Å². The van der Waals surface area contributed by atoms with Crippen molar-refractivity contribution in [2.75, 3.05) is 52.4 Å². The molecule has 0 spiro atoms. The average Bonchev–Trinajstić information content (AvgIpc) is 3.36. The molecule has 3 heterocycles. The zero-order valence-corrected chi connectivity index (χ0v) is 17.3. The Bertz CT molecular complexity index is 510. The number of hydrogen-bond acceptors (Lipinski definition) is 6. The summed E-state index contributed by atoms with van der Waals surface area (Å²) in [6.07, 6.45) is 2.50. The largest absolute Gasteiger partial charge is 0.312 e. The van der Waals surface area contributed by atoms with Gasteiger partial charge in [0, 0.05) is 49.0 Å². The van der Waals surface area contributed by atoms with Gasteiger partial charge in [-0.3, -0.25) is 0 Å². The van der Waals surface area contributed by atoms with E-state index in [1.165, 1.54) is 61.9 Å². The summed E-state index contributed by atoms with van der Waals surface area (Å²) >= 11 is 3.67. The summed E-state index contributed by atoms with van der Waals surface area (Å²) in [6, 6.07) is 8.66. The lowest BCUT2D eigenvalue weighted by Crippen LogP contribution is -2.47. The van der Waals surface area contributed by atoms with Crippen LogP contribution in [-0.4, -0.2) is 62.2 Å². The topological polar surface area (TPSA) is 30.5 Å². The number of rotatable bonds is 12. The number of nitrogens with one attached hydrogen (secondary N) is 2. The molecule has 3 rings (SSSR count). The molecule has 144 valence electrons. The highest BCUT2D eigenvalue weighted by Crippen LogP contribution is 2.08. The van der Waals surface area contributed by atoms with E-state index in [-0.39, 0.29) is 0 Å². The van der Waals surface area contributed by atoms with Crippen molar-refractivity contribution in [3.05, 3.63) is 44.8 Å². The number of nitrogens with zero attached hydrogens (tertiary/aromatic N) is 2. The third-order valence-electron chi connectivity index (χ3n) is 4.88. The van der Waals surface area contributed by atoms with Gasteiger partial charge in [-0.05, 0) is 61.9 Å². The van der Waals surface area contributed by atoms with Crippen LogP contribution < -0.4 is 10.6 Å². The summed E-state index contributed by atoms with van der Waals surface area (Å²) in [4.78, 5) is 8.11. The maximum atomic E-state index is 3.55. The van der Waals surface area contributed by atoms with E-state index < -0.39 is 0 Å². The Morgan fingerprint density at radius 2 is 1.19 bits per heavy atom. The summed E-state index contributed by atoms with van der Waals surface area (Å²) in [5, 5.41) is 11.4. The highest BCUT2D eigenvalue weighted by molar-refractivity contribution is 7.10. The summed E-state index contributed by atoms with van der Waals surface area (Å²) in [5.74, 6) is 0. The Balaban J connectivity index is 1.14. The van der Waals surface area contributed by atoms with Crippen LogP contribution in [0.15, 0.2) is 35.0 Å². The predicted octanol–water partition coefficient (Wildman–Crippen LogP) is 3.09. The minimum atomic E-state index is 1.02. The minimum absolute atomic E-state index is 1.02. The fraction of sp³-hybridized carbons (Fsp3) is 0.600. The van der Waals surface area contributed by atoms with Crippen molar-refractivity contribution >= 4 is 22.7 Å². The lowest BCUT2D eigenvalue weighted by atomic mass is 10.2. The van der Waals surface area contributed by atoms with Gasteiger partial charge in [0.2, 0.25) is 0 Å². The van der Waals surface area contributed by atoms with Crippen molar-refractivity contribution in [2.45, 2.75) is 25.9 Å². The van der Waals surface area contributed by atoms with Gasteiger partial charge in [-0.15, -0.1) is 22.7 Å². The van der Waals surface area contributed by atoms with E-state index in [0.717, 1.165) is 26.2 Å². The molecule has 0 amide bonds. The fourth-order valence-corrected chi connectivity index (χ4v) is 4.69. The molecular formula is C20H32N4S2. The van der Waals surface area contributed by atoms with Crippen molar-refractivity contribution < 1.29 is 0 Å². The monoisotopic (exact) mass is 392 g/mol. The SMILES string of the molecule is c1csc(CNCCCN2CCN(CCCNCc3cccs3)CC2)c1. The maximum absolute atomic E-state index is 3.55. The zero-order chi connectivity index (χ0) is 17.9. The number of thiophene rings is 2. The van der Waals surface area contributed by atoms with E-state index in [9.17, 15) is 0 Å². The van der Waals surface area contributed by atoms with Crippen molar-refractivity contribution in [2.24, 2.45) is 0 Å². The zero-order valence-electron chi connectivity index (χ0n) is 15.7. The van der Waals surface area contributed by atoms with Crippen LogP contribution in [0, 0.1) is 0 Å². The highest BCUT2D eigenvalue weighted by atomic mass is 32.1. The fourth-order valence-electron chi connectivity index (χ4n) is 3.34. The van der Waals surface area contributed by atoms with E-state index >= 15 is 0 Å². The van der Waals surface area contributed by atoms with E-state index in [4.69, 9.17) is 0 Å². The highest BCUT2D eigenvalue weighted by Gasteiger charge is 2.15. The van der Waals surface area contributed by atoms with Crippen molar-refractivity contribution in [3.8, 4) is 0 Å². The molecule has 0 aromatic carbocycles. The van der Waals surface area contributed by atoms with Crippen LogP contribution in [0.5, 0.6) is 0 Å². The molecule has 1 fully saturated rings. The van der Waals surface area contributed by atoms with Gasteiger partial charge in [0.15, 0.2) is 0 Å². The van der Waals surface area contributed by atoms with E-state index in [1.807, 2.05) is 22.7 Å². The molecule has 0 atom stereocenters. The molecule has 6 heteroatoms. The number of hydrogen-bond donors (Lipinski definition) is 2. The molecule has 2 aromatic heterocycles. The van der Waals surface area contributed by atoms with Gasteiger partial charge >= 0.3 is 0 Å². The van der Waals surface area contributed by atoms with Crippen molar-refractivity contribution in [3.63, 3.8) is 0 Å². The lowest BCUT2D eigenvalue weighted by Gasteiger charge is -2.34. The Morgan fingerprint density at radius 3 is 1.58 bits per heavy atom. The quantitative estimate of drug-likeness (QED) is 0.544. The van der Waals surface area contributed by atoms with Crippen LogP contribution in [0.4, 0.5) is 0 Å². The molecule has 0 bridgehead atoms. The molecule has 1 aliphatic heterocycles.